The van der Waals surface area contributed by atoms with Crippen LogP contribution in [0.15, 0.2) is 54.6 Å². The molecular formula is C21H28N2O4S. The van der Waals surface area contributed by atoms with E-state index in [1.54, 1.807) is 24.3 Å². The summed E-state index contributed by atoms with van der Waals surface area (Å²) in [6.45, 7) is 4.59. The zero-order chi connectivity index (χ0) is 20.6. The fraction of sp³-hybridized carbons (Fsp3) is 0.381. The molecule has 7 heteroatoms. The number of amides is 1. The lowest BCUT2D eigenvalue weighted by Gasteiger charge is -2.22. The Morgan fingerprint density at radius 2 is 1.82 bits per heavy atom. The Balaban J connectivity index is 1.83. The molecule has 6 nitrogen and oxygen atoms in total. The lowest BCUT2D eigenvalue weighted by atomic mass is 10.2. The van der Waals surface area contributed by atoms with E-state index in [9.17, 15) is 13.2 Å². The third-order valence-corrected chi connectivity index (χ3v) is 5.16. The van der Waals surface area contributed by atoms with Crippen molar-refractivity contribution in [2.75, 3.05) is 17.1 Å². The second-order valence-corrected chi connectivity index (χ2v) is 8.77. The normalized spacial score (nSPS) is 11.3. The van der Waals surface area contributed by atoms with Crippen molar-refractivity contribution in [3.05, 3.63) is 60.2 Å². The van der Waals surface area contributed by atoms with E-state index in [0.29, 0.717) is 18.7 Å². The molecular weight excluding hydrogens is 376 g/mol. The summed E-state index contributed by atoms with van der Waals surface area (Å²) < 4.78 is 31.1. The zero-order valence-electron chi connectivity index (χ0n) is 16.6. The summed E-state index contributed by atoms with van der Waals surface area (Å²) in [5.74, 6) is 0.657. The number of ether oxygens (including phenoxy) is 1. The summed E-state index contributed by atoms with van der Waals surface area (Å²) in [4.78, 5) is 12.1. The summed E-state index contributed by atoms with van der Waals surface area (Å²) in [7, 11) is -3.40. The van der Waals surface area contributed by atoms with Crippen molar-refractivity contribution in [3.63, 3.8) is 0 Å². The number of sulfonamides is 1. The third-order valence-electron chi connectivity index (χ3n) is 3.97. The maximum Gasteiger partial charge on any atom is 0.232 e. The fourth-order valence-electron chi connectivity index (χ4n) is 2.75. The van der Waals surface area contributed by atoms with Gasteiger partial charge in [0.2, 0.25) is 15.9 Å². The molecule has 0 unspecified atom stereocenters. The van der Waals surface area contributed by atoms with Crippen LogP contribution in [0.3, 0.4) is 0 Å². The topological polar surface area (TPSA) is 75.7 Å². The molecule has 1 N–H and O–H groups in total. The molecule has 152 valence electrons. The first kappa shape index (κ1) is 21.8. The van der Waals surface area contributed by atoms with Gasteiger partial charge >= 0.3 is 0 Å². The van der Waals surface area contributed by atoms with Crippen molar-refractivity contribution in [1.82, 2.24) is 5.32 Å². The molecule has 0 aliphatic heterocycles. The van der Waals surface area contributed by atoms with Crippen LogP contribution in [0.5, 0.6) is 5.75 Å². The van der Waals surface area contributed by atoms with Gasteiger partial charge in [0.05, 0.1) is 18.0 Å². The maximum absolute atomic E-state index is 12.1. The number of anilines is 1. The fourth-order valence-corrected chi connectivity index (χ4v) is 3.72. The summed E-state index contributed by atoms with van der Waals surface area (Å²) in [6, 6.07) is 16.5. The second kappa shape index (κ2) is 10.1. The molecule has 0 radical (unpaired) electrons. The van der Waals surface area contributed by atoms with Gasteiger partial charge in [-0.15, -0.1) is 0 Å². The molecule has 0 saturated heterocycles. The molecule has 0 aromatic heterocycles. The van der Waals surface area contributed by atoms with Crippen LogP contribution >= 0.6 is 0 Å². The number of hydrogen-bond donors (Lipinski definition) is 1. The van der Waals surface area contributed by atoms with Crippen LogP contribution in [0.4, 0.5) is 5.69 Å². The van der Waals surface area contributed by atoms with Crippen LogP contribution in [-0.2, 0) is 21.4 Å². The molecule has 0 spiro atoms. The summed E-state index contributed by atoms with van der Waals surface area (Å²) in [5, 5.41) is 2.87. The van der Waals surface area contributed by atoms with Crippen LogP contribution in [-0.4, -0.2) is 33.2 Å². The van der Waals surface area contributed by atoms with E-state index in [1.807, 2.05) is 44.2 Å². The Morgan fingerprint density at radius 3 is 2.46 bits per heavy atom. The summed E-state index contributed by atoms with van der Waals surface area (Å²) in [5.41, 5.74) is 1.56. The number of benzene rings is 2. The van der Waals surface area contributed by atoms with Crippen LogP contribution in [0.25, 0.3) is 0 Å². The SMILES string of the molecule is CC(C)Oc1cccc(CNC(=O)CCCN(c2ccccc2)S(C)(=O)=O)c1. The number of hydrogen-bond acceptors (Lipinski definition) is 4. The third kappa shape index (κ3) is 7.23. The first-order chi connectivity index (χ1) is 13.3. The van der Waals surface area contributed by atoms with Gasteiger partial charge in [-0.2, -0.15) is 0 Å². The van der Waals surface area contributed by atoms with E-state index >= 15 is 0 Å². The van der Waals surface area contributed by atoms with Gasteiger partial charge in [0.15, 0.2) is 0 Å². The molecule has 0 aliphatic rings. The van der Waals surface area contributed by atoms with Gasteiger partial charge in [-0.05, 0) is 50.1 Å². The molecule has 0 saturated carbocycles. The molecule has 0 fully saturated rings. The number of nitrogens with one attached hydrogen (secondary N) is 1. The highest BCUT2D eigenvalue weighted by atomic mass is 32.2. The van der Waals surface area contributed by atoms with Crippen molar-refractivity contribution in [2.45, 2.75) is 39.3 Å². The second-order valence-electron chi connectivity index (χ2n) is 6.86. The van der Waals surface area contributed by atoms with Gasteiger partial charge < -0.3 is 10.1 Å². The predicted octanol–water partition coefficient (Wildman–Crippen LogP) is 3.34. The molecule has 2 aromatic carbocycles. The van der Waals surface area contributed by atoms with E-state index in [0.717, 1.165) is 11.3 Å². The quantitative estimate of drug-likeness (QED) is 0.659. The summed E-state index contributed by atoms with van der Waals surface area (Å²) >= 11 is 0. The molecule has 0 atom stereocenters. The molecule has 0 aliphatic carbocycles. The Morgan fingerprint density at radius 1 is 1.11 bits per heavy atom. The smallest absolute Gasteiger partial charge is 0.232 e. The largest absolute Gasteiger partial charge is 0.491 e. The van der Waals surface area contributed by atoms with Gasteiger partial charge in [-0.3, -0.25) is 9.10 Å². The van der Waals surface area contributed by atoms with Crippen LogP contribution in [0.1, 0.15) is 32.3 Å². The molecule has 28 heavy (non-hydrogen) atoms. The molecule has 0 heterocycles. The Bertz CT molecular complexity index is 867. The monoisotopic (exact) mass is 404 g/mol. The van der Waals surface area contributed by atoms with Crippen LogP contribution < -0.4 is 14.4 Å². The number of carbonyl (C=O) groups is 1. The van der Waals surface area contributed by atoms with Crippen molar-refractivity contribution >= 4 is 21.6 Å². The highest BCUT2D eigenvalue weighted by molar-refractivity contribution is 7.92. The first-order valence-corrected chi connectivity index (χ1v) is 11.2. The van der Waals surface area contributed by atoms with Crippen LogP contribution in [0.2, 0.25) is 0 Å². The van der Waals surface area contributed by atoms with Crippen molar-refractivity contribution < 1.29 is 17.9 Å². The van der Waals surface area contributed by atoms with Gasteiger partial charge in [0.25, 0.3) is 0 Å². The Labute approximate surface area is 167 Å². The number of rotatable bonds is 10. The van der Waals surface area contributed by atoms with E-state index in [-0.39, 0.29) is 25.0 Å². The number of nitrogens with zero attached hydrogens (tertiary/aromatic N) is 1. The van der Waals surface area contributed by atoms with E-state index < -0.39 is 10.0 Å². The lowest BCUT2D eigenvalue weighted by Crippen LogP contribution is -2.32. The Hall–Kier alpha value is -2.54. The van der Waals surface area contributed by atoms with Gasteiger partial charge in [0.1, 0.15) is 5.75 Å². The first-order valence-electron chi connectivity index (χ1n) is 9.31. The maximum atomic E-state index is 12.1. The zero-order valence-corrected chi connectivity index (χ0v) is 17.4. The van der Waals surface area contributed by atoms with E-state index in [1.165, 1.54) is 10.6 Å². The Kier molecular flexibility index (Phi) is 7.87. The minimum atomic E-state index is -3.40. The van der Waals surface area contributed by atoms with Crippen molar-refractivity contribution in [2.24, 2.45) is 0 Å². The van der Waals surface area contributed by atoms with Crippen LogP contribution in [0, 0.1) is 0 Å². The lowest BCUT2D eigenvalue weighted by molar-refractivity contribution is -0.121. The molecule has 2 rings (SSSR count). The highest BCUT2D eigenvalue weighted by Crippen LogP contribution is 2.18. The van der Waals surface area contributed by atoms with Gasteiger partial charge in [-0.1, -0.05) is 30.3 Å². The predicted molar refractivity (Wildman–Crippen MR) is 112 cm³/mol. The molecule has 2 aromatic rings. The number of carbonyl (C=O) groups excluding carboxylic acids is 1. The average molecular weight is 405 g/mol. The standard InChI is InChI=1S/C21H28N2O4S/c1-17(2)27-20-12-7-9-18(15-20)16-22-21(24)13-8-14-23(28(3,25)26)19-10-5-4-6-11-19/h4-7,9-12,15,17H,8,13-14,16H2,1-3H3,(H,22,24). The van der Waals surface area contributed by atoms with Crippen molar-refractivity contribution in [1.29, 1.82) is 0 Å². The summed E-state index contributed by atoms with van der Waals surface area (Å²) in [6.07, 6.45) is 1.95. The highest BCUT2D eigenvalue weighted by Gasteiger charge is 2.17. The van der Waals surface area contributed by atoms with Gasteiger partial charge in [0, 0.05) is 19.5 Å². The van der Waals surface area contributed by atoms with E-state index in [2.05, 4.69) is 5.32 Å². The minimum Gasteiger partial charge on any atom is -0.491 e. The van der Waals surface area contributed by atoms with Crippen molar-refractivity contribution in [3.8, 4) is 5.75 Å². The molecule has 0 bridgehead atoms. The minimum absolute atomic E-state index is 0.0900. The molecule has 1 amide bonds. The average Bonchev–Trinajstić information content (AvgIpc) is 2.63. The number of para-hydroxylation sites is 1. The van der Waals surface area contributed by atoms with E-state index in [4.69, 9.17) is 4.74 Å². The van der Waals surface area contributed by atoms with Gasteiger partial charge in [-0.25, -0.2) is 8.42 Å².